The Labute approximate surface area is 110 Å². The molecule has 0 atom stereocenters. The molecule has 0 saturated carbocycles. The van der Waals surface area contributed by atoms with Gasteiger partial charge >= 0.3 is 0 Å². The molecule has 0 aliphatic heterocycles. The molecule has 0 aromatic carbocycles. The zero-order chi connectivity index (χ0) is 11.7. The number of fused-ring (bicyclic) bond motifs is 1. The van der Waals surface area contributed by atoms with Crippen molar-refractivity contribution >= 4 is 50.5 Å². The zero-order valence-corrected chi connectivity index (χ0v) is 11.1. The Bertz CT molecular complexity index is 632. The van der Waals surface area contributed by atoms with E-state index in [2.05, 4.69) is 15.0 Å². The van der Waals surface area contributed by atoms with Gasteiger partial charge in [0.25, 0.3) is 0 Å². The third-order valence-corrected chi connectivity index (χ3v) is 4.83. The van der Waals surface area contributed by atoms with E-state index < -0.39 is 0 Å². The molecule has 7 heteroatoms. The van der Waals surface area contributed by atoms with E-state index in [1.807, 2.05) is 23.2 Å². The van der Waals surface area contributed by atoms with Gasteiger partial charge < -0.3 is 5.73 Å². The first-order valence-electron chi connectivity index (χ1n) is 4.84. The summed E-state index contributed by atoms with van der Waals surface area (Å²) in [6.45, 7) is 0. The lowest BCUT2D eigenvalue weighted by atomic mass is 10.4. The molecule has 0 spiro atoms. The molecule has 0 unspecified atom stereocenters. The zero-order valence-electron chi connectivity index (χ0n) is 8.66. The van der Waals surface area contributed by atoms with Gasteiger partial charge in [0.15, 0.2) is 5.16 Å². The highest BCUT2D eigenvalue weighted by Crippen LogP contribution is 2.28. The highest BCUT2D eigenvalue weighted by Gasteiger charge is 2.07. The van der Waals surface area contributed by atoms with Crippen LogP contribution in [0.3, 0.4) is 0 Å². The second kappa shape index (κ2) is 4.59. The van der Waals surface area contributed by atoms with Gasteiger partial charge in [-0.2, -0.15) is 0 Å². The van der Waals surface area contributed by atoms with Gasteiger partial charge in [-0.1, -0.05) is 11.8 Å². The summed E-state index contributed by atoms with van der Waals surface area (Å²) in [4.78, 5) is 15.0. The average molecular weight is 280 g/mol. The minimum atomic E-state index is 0.558. The molecule has 0 bridgehead atoms. The fraction of sp³-hybridized carbons (Fsp3) is 0.100. The van der Waals surface area contributed by atoms with Crippen LogP contribution in [-0.2, 0) is 5.75 Å². The van der Waals surface area contributed by atoms with E-state index in [4.69, 9.17) is 5.73 Å². The molecule has 3 aromatic rings. The fourth-order valence-electron chi connectivity index (χ4n) is 1.37. The van der Waals surface area contributed by atoms with Gasteiger partial charge in [-0.05, 0) is 11.4 Å². The molecule has 3 aromatic heterocycles. The van der Waals surface area contributed by atoms with Crippen LogP contribution >= 0.6 is 34.4 Å². The maximum absolute atomic E-state index is 5.88. The maximum Gasteiger partial charge on any atom is 0.191 e. The third-order valence-electron chi connectivity index (χ3n) is 2.16. The van der Waals surface area contributed by atoms with Crippen molar-refractivity contribution < 1.29 is 0 Å². The summed E-state index contributed by atoms with van der Waals surface area (Å²) in [6.07, 6.45) is 1.87. The molecular weight excluding hydrogens is 272 g/mol. The Balaban J connectivity index is 1.85. The molecule has 0 saturated heterocycles. The molecule has 3 heterocycles. The summed E-state index contributed by atoms with van der Waals surface area (Å²) in [7, 11) is 0. The Morgan fingerprint density at radius 1 is 1.29 bits per heavy atom. The predicted molar refractivity (Wildman–Crippen MR) is 73.5 cm³/mol. The second-order valence-electron chi connectivity index (χ2n) is 3.29. The van der Waals surface area contributed by atoms with Crippen LogP contribution in [0.2, 0.25) is 0 Å². The van der Waals surface area contributed by atoms with Gasteiger partial charge in [0.05, 0.1) is 10.9 Å². The number of nitrogen functional groups attached to an aromatic ring is 1. The SMILES string of the molecule is Nc1nc(SCc2cncs2)nc2sccc12. The van der Waals surface area contributed by atoms with Crippen molar-refractivity contribution in [2.75, 3.05) is 5.73 Å². The predicted octanol–water partition coefficient (Wildman–Crippen LogP) is 3.02. The van der Waals surface area contributed by atoms with Gasteiger partial charge in [-0.25, -0.2) is 9.97 Å². The first kappa shape index (κ1) is 10.9. The van der Waals surface area contributed by atoms with Crippen LogP contribution in [0.4, 0.5) is 5.82 Å². The lowest BCUT2D eigenvalue weighted by Crippen LogP contribution is -1.94. The van der Waals surface area contributed by atoms with Crippen LogP contribution in [0.1, 0.15) is 4.88 Å². The Kier molecular flexibility index (Phi) is 2.96. The largest absolute Gasteiger partial charge is 0.383 e. The van der Waals surface area contributed by atoms with Crippen molar-refractivity contribution in [3.63, 3.8) is 0 Å². The standard InChI is InChI=1S/C10H8N4S3/c11-8-7-1-2-15-9(7)14-10(13-8)16-4-6-3-12-5-17-6/h1-3,5H,4H2,(H2,11,13,14). The van der Waals surface area contributed by atoms with E-state index in [0.29, 0.717) is 5.82 Å². The smallest absolute Gasteiger partial charge is 0.191 e. The number of thiophene rings is 1. The monoisotopic (exact) mass is 280 g/mol. The summed E-state index contributed by atoms with van der Waals surface area (Å²) in [5.74, 6) is 1.39. The van der Waals surface area contributed by atoms with Crippen molar-refractivity contribution in [1.82, 2.24) is 15.0 Å². The van der Waals surface area contributed by atoms with E-state index >= 15 is 0 Å². The topological polar surface area (TPSA) is 64.7 Å². The molecule has 4 nitrogen and oxygen atoms in total. The van der Waals surface area contributed by atoms with Crippen LogP contribution in [0.25, 0.3) is 10.2 Å². The molecule has 3 rings (SSSR count). The summed E-state index contributed by atoms with van der Waals surface area (Å²) >= 11 is 4.81. The van der Waals surface area contributed by atoms with E-state index in [9.17, 15) is 0 Å². The summed E-state index contributed by atoms with van der Waals surface area (Å²) in [5.41, 5.74) is 7.71. The molecular formula is C10H8N4S3. The van der Waals surface area contributed by atoms with Crippen molar-refractivity contribution in [2.45, 2.75) is 10.9 Å². The van der Waals surface area contributed by atoms with Crippen molar-refractivity contribution in [2.24, 2.45) is 0 Å². The van der Waals surface area contributed by atoms with Crippen LogP contribution in [0.5, 0.6) is 0 Å². The highest BCUT2D eigenvalue weighted by molar-refractivity contribution is 7.98. The molecule has 17 heavy (non-hydrogen) atoms. The molecule has 0 aliphatic rings. The van der Waals surface area contributed by atoms with E-state index in [-0.39, 0.29) is 0 Å². The van der Waals surface area contributed by atoms with Crippen LogP contribution in [0.15, 0.2) is 28.3 Å². The Hall–Kier alpha value is -1.18. The van der Waals surface area contributed by atoms with E-state index in [0.717, 1.165) is 21.1 Å². The normalized spacial score (nSPS) is 11.1. The number of hydrogen-bond donors (Lipinski definition) is 1. The summed E-state index contributed by atoms with van der Waals surface area (Å²) < 4.78 is 0. The summed E-state index contributed by atoms with van der Waals surface area (Å²) in [6, 6.07) is 1.95. The first-order chi connectivity index (χ1) is 8.33. The fourth-order valence-corrected chi connectivity index (χ4v) is 3.69. The van der Waals surface area contributed by atoms with Crippen LogP contribution in [-0.4, -0.2) is 15.0 Å². The van der Waals surface area contributed by atoms with E-state index in [1.54, 1.807) is 34.4 Å². The second-order valence-corrected chi connectivity index (χ2v) is 6.10. The molecule has 0 radical (unpaired) electrons. The van der Waals surface area contributed by atoms with Gasteiger partial charge in [0, 0.05) is 16.8 Å². The maximum atomic E-state index is 5.88. The molecule has 0 aliphatic carbocycles. The number of thioether (sulfide) groups is 1. The van der Waals surface area contributed by atoms with Crippen LogP contribution < -0.4 is 5.73 Å². The molecule has 86 valence electrons. The van der Waals surface area contributed by atoms with Gasteiger partial charge in [0.1, 0.15) is 10.6 Å². The average Bonchev–Trinajstić information content (AvgIpc) is 2.97. The lowest BCUT2D eigenvalue weighted by Gasteiger charge is -2.00. The Morgan fingerprint density at radius 2 is 2.24 bits per heavy atom. The highest BCUT2D eigenvalue weighted by atomic mass is 32.2. The molecule has 0 amide bonds. The molecule has 0 fully saturated rings. The quantitative estimate of drug-likeness (QED) is 0.590. The van der Waals surface area contributed by atoms with Gasteiger partial charge in [-0.3, -0.25) is 4.98 Å². The number of nitrogens with zero attached hydrogens (tertiary/aromatic N) is 3. The van der Waals surface area contributed by atoms with Crippen molar-refractivity contribution in [3.05, 3.63) is 28.0 Å². The number of nitrogens with two attached hydrogens (primary N) is 1. The summed E-state index contributed by atoms with van der Waals surface area (Å²) in [5, 5.41) is 3.65. The van der Waals surface area contributed by atoms with Crippen molar-refractivity contribution in [1.29, 1.82) is 0 Å². The number of thiazole rings is 1. The third kappa shape index (κ3) is 2.26. The van der Waals surface area contributed by atoms with E-state index in [1.165, 1.54) is 4.88 Å². The van der Waals surface area contributed by atoms with Crippen LogP contribution in [0, 0.1) is 0 Å². The van der Waals surface area contributed by atoms with Gasteiger partial charge in [-0.15, -0.1) is 22.7 Å². The first-order valence-corrected chi connectivity index (χ1v) is 7.58. The minimum absolute atomic E-state index is 0.558. The lowest BCUT2D eigenvalue weighted by molar-refractivity contribution is 1.02. The minimum Gasteiger partial charge on any atom is -0.383 e. The number of anilines is 1. The van der Waals surface area contributed by atoms with Gasteiger partial charge in [0.2, 0.25) is 0 Å². The number of hydrogen-bond acceptors (Lipinski definition) is 7. The van der Waals surface area contributed by atoms with Crippen molar-refractivity contribution in [3.8, 4) is 0 Å². The molecule has 2 N–H and O–H groups in total. The Morgan fingerprint density at radius 3 is 3.06 bits per heavy atom. The number of aromatic nitrogens is 3. The number of rotatable bonds is 3.